The molecule has 0 aliphatic carbocycles. The van der Waals surface area contributed by atoms with Gasteiger partial charge in [-0.3, -0.25) is 0 Å². The quantitative estimate of drug-likeness (QED) is 0.746. The van der Waals surface area contributed by atoms with E-state index in [9.17, 15) is 5.11 Å². The molecule has 0 aliphatic heterocycles. The summed E-state index contributed by atoms with van der Waals surface area (Å²) in [6, 6.07) is 9.74. The zero-order valence-electron chi connectivity index (χ0n) is 10.9. The molecule has 0 bridgehead atoms. The second-order valence-electron chi connectivity index (χ2n) is 4.93. The highest BCUT2D eigenvalue weighted by Gasteiger charge is 2.05. The molecule has 1 aromatic rings. The van der Waals surface area contributed by atoms with Gasteiger partial charge in [-0.15, -0.1) is 0 Å². The van der Waals surface area contributed by atoms with Crippen LogP contribution in [0.15, 0.2) is 30.3 Å². The third-order valence-electron chi connectivity index (χ3n) is 2.78. The minimum Gasteiger partial charge on any atom is -0.493 e. The predicted molar refractivity (Wildman–Crippen MR) is 71.2 cm³/mol. The van der Waals surface area contributed by atoms with Crippen molar-refractivity contribution in [3.63, 3.8) is 0 Å². The Labute approximate surface area is 105 Å². The molecule has 1 rings (SSSR count). The van der Waals surface area contributed by atoms with Gasteiger partial charge in [-0.1, -0.05) is 44.9 Å². The Hall–Kier alpha value is -1.02. The van der Waals surface area contributed by atoms with Gasteiger partial charge in [-0.25, -0.2) is 0 Å². The van der Waals surface area contributed by atoms with Crippen molar-refractivity contribution in [3.05, 3.63) is 30.3 Å². The first-order valence-corrected chi connectivity index (χ1v) is 6.54. The van der Waals surface area contributed by atoms with E-state index in [1.54, 1.807) is 0 Å². The van der Waals surface area contributed by atoms with Crippen LogP contribution in [0.2, 0.25) is 0 Å². The maximum atomic E-state index is 9.76. The summed E-state index contributed by atoms with van der Waals surface area (Å²) < 4.78 is 5.54. The molecule has 0 fully saturated rings. The molecule has 1 unspecified atom stereocenters. The normalized spacial score (nSPS) is 12.7. The summed E-state index contributed by atoms with van der Waals surface area (Å²) in [6.45, 7) is 5.02. The Morgan fingerprint density at radius 2 is 1.76 bits per heavy atom. The number of ether oxygens (including phenoxy) is 1. The minimum absolute atomic E-state index is 0.225. The molecule has 1 aromatic carbocycles. The zero-order chi connectivity index (χ0) is 12.5. The van der Waals surface area contributed by atoms with Crippen LogP contribution in [0.3, 0.4) is 0 Å². The molecule has 17 heavy (non-hydrogen) atoms. The van der Waals surface area contributed by atoms with Crippen LogP contribution in [0.25, 0.3) is 0 Å². The fourth-order valence-corrected chi connectivity index (χ4v) is 1.74. The minimum atomic E-state index is -0.225. The van der Waals surface area contributed by atoms with Crippen molar-refractivity contribution in [2.75, 3.05) is 6.61 Å². The van der Waals surface area contributed by atoms with E-state index in [1.807, 2.05) is 30.3 Å². The summed E-state index contributed by atoms with van der Waals surface area (Å²) >= 11 is 0. The second kappa shape index (κ2) is 8.13. The Bertz CT molecular complexity index is 282. The van der Waals surface area contributed by atoms with Crippen molar-refractivity contribution in [3.8, 4) is 5.75 Å². The molecule has 0 radical (unpaired) electrons. The topological polar surface area (TPSA) is 29.5 Å². The predicted octanol–water partition coefficient (Wildman–Crippen LogP) is 3.64. The lowest BCUT2D eigenvalue weighted by molar-refractivity contribution is 0.127. The molecule has 2 heteroatoms. The highest BCUT2D eigenvalue weighted by molar-refractivity contribution is 5.20. The van der Waals surface area contributed by atoms with Crippen LogP contribution in [0.1, 0.15) is 39.5 Å². The van der Waals surface area contributed by atoms with Gasteiger partial charge in [0, 0.05) is 6.42 Å². The van der Waals surface area contributed by atoms with E-state index < -0.39 is 0 Å². The average Bonchev–Trinajstić information content (AvgIpc) is 2.30. The highest BCUT2D eigenvalue weighted by Crippen LogP contribution is 2.12. The standard InChI is InChI=1S/C15H24O2/c1-13(2)7-6-8-14(16)11-12-17-15-9-4-3-5-10-15/h3-5,9-10,13-14,16H,6-8,11-12H2,1-2H3. The number of para-hydroxylation sites is 1. The number of aliphatic hydroxyl groups excluding tert-OH is 1. The number of rotatable bonds is 8. The van der Waals surface area contributed by atoms with Crippen LogP contribution in [0, 0.1) is 5.92 Å². The summed E-state index contributed by atoms with van der Waals surface area (Å²) in [5.74, 6) is 1.60. The van der Waals surface area contributed by atoms with E-state index in [2.05, 4.69) is 13.8 Å². The molecule has 0 heterocycles. The molecular formula is C15H24O2. The molecule has 1 N–H and O–H groups in total. The van der Waals surface area contributed by atoms with Crippen molar-refractivity contribution < 1.29 is 9.84 Å². The van der Waals surface area contributed by atoms with Gasteiger partial charge in [0.25, 0.3) is 0 Å². The van der Waals surface area contributed by atoms with Crippen LogP contribution in [0.4, 0.5) is 0 Å². The Kier molecular flexibility index (Phi) is 6.71. The van der Waals surface area contributed by atoms with Gasteiger partial charge in [0.15, 0.2) is 0 Å². The van der Waals surface area contributed by atoms with E-state index in [-0.39, 0.29) is 6.10 Å². The van der Waals surface area contributed by atoms with Gasteiger partial charge in [0.05, 0.1) is 12.7 Å². The molecule has 0 saturated carbocycles. The van der Waals surface area contributed by atoms with Crippen LogP contribution in [-0.4, -0.2) is 17.8 Å². The lowest BCUT2D eigenvalue weighted by atomic mass is 10.0. The fourth-order valence-electron chi connectivity index (χ4n) is 1.74. The first-order chi connectivity index (χ1) is 8.18. The summed E-state index contributed by atoms with van der Waals surface area (Å²) in [5, 5.41) is 9.76. The molecule has 1 atom stereocenters. The van der Waals surface area contributed by atoms with Crippen molar-refractivity contribution in [1.29, 1.82) is 0 Å². The third kappa shape index (κ3) is 7.01. The van der Waals surface area contributed by atoms with Gasteiger partial charge in [0.2, 0.25) is 0 Å². The highest BCUT2D eigenvalue weighted by atomic mass is 16.5. The lowest BCUT2D eigenvalue weighted by Gasteiger charge is -2.12. The van der Waals surface area contributed by atoms with E-state index in [4.69, 9.17) is 4.74 Å². The maximum Gasteiger partial charge on any atom is 0.119 e. The van der Waals surface area contributed by atoms with Crippen molar-refractivity contribution in [1.82, 2.24) is 0 Å². The molecule has 96 valence electrons. The molecule has 0 aliphatic rings. The number of hydrogen-bond donors (Lipinski definition) is 1. The van der Waals surface area contributed by atoms with Crippen LogP contribution in [-0.2, 0) is 0 Å². The first-order valence-electron chi connectivity index (χ1n) is 6.54. The van der Waals surface area contributed by atoms with Gasteiger partial charge < -0.3 is 9.84 Å². The SMILES string of the molecule is CC(C)CCCC(O)CCOc1ccccc1. The van der Waals surface area contributed by atoms with Gasteiger partial charge in [-0.2, -0.15) is 0 Å². The number of aliphatic hydroxyl groups is 1. The van der Waals surface area contributed by atoms with Crippen LogP contribution in [0.5, 0.6) is 5.75 Å². The Morgan fingerprint density at radius 3 is 2.41 bits per heavy atom. The molecule has 0 aromatic heterocycles. The third-order valence-corrected chi connectivity index (χ3v) is 2.78. The Balaban J connectivity index is 2.06. The lowest BCUT2D eigenvalue weighted by Crippen LogP contribution is -2.12. The average molecular weight is 236 g/mol. The van der Waals surface area contributed by atoms with Gasteiger partial charge in [-0.05, 0) is 24.5 Å². The van der Waals surface area contributed by atoms with E-state index in [0.717, 1.165) is 24.5 Å². The Morgan fingerprint density at radius 1 is 1.06 bits per heavy atom. The van der Waals surface area contributed by atoms with Crippen molar-refractivity contribution in [2.45, 2.75) is 45.6 Å². The van der Waals surface area contributed by atoms with Gasteiger partial charge in [0.1, 0.15) is 5.75 Å². The smallest absolute Gasteiger partial charge is 0.119 e. The van der Waals surface area contributed by atoms with Crippen molar-refractivity contribution in [2.24, 2.45) is 5.92 Å². The first kappa shape index (κ1) is 14.0. The molecule has 2 nitrogen and oxygen atoms in total. The largest absolute Gasteiger partial charge is 0.493 e. The fraction of sp³-hybridized carbons (Fsp3) is 0.600. The van der Waals surface area contributed by atoms with E-state index in [0.29, 0.717) is 13.0 Å². The summed E-state index contributed by atoms with van der Waals surface area (Å²) in [4.78, 5) is 0. The summed E-state index contributed by atoms with van der Waals surface area (Å²) in [6.07, 6.45) is 3.67. The monoisotopic (exact) mass is 236 g/mol. The van der Waals surface area contributed by atoms with Gasteiger partial charge >= 0.3 is 0 Å². The molecule has 0 spiro atoms. The maximum absolute atomic E-state index is 9.76. The molecule has 0 saturated heterocycles. The van der Waals surface area contributed by atoms with Crippen molar-refractivity contribution >= 4 is 0 Å². The zero-order valence-corrected chi connectivity index (χ0v) is 10.9. The second-order valence-corrected chi connectivity index (χ2v) is 4.93. The summed E-state index contributed by atoms with van der Waals surface area (Å²) in [5.41, 5.74) is 0. The van der Waals surface area contributed by atoms with E-state index in [1.165, 1.54) is 6.42 Å². The molecule has 0 amide bonds. The van der Waals surface area contributed by atoms with E-state index >= 15 is 0 Å². The van der Waals surface area contributed by atoms with Crippen LogP contribution >= 0.6 is 0 Å². The summed E-state index contributed by atoms with van der Waals surface area (Å²) in [7, 11) is 0. The number of benzene rings is 1. The van der Waals surface area contributed by atoms with Crippen LogP contribution < -0.4 is 4.74 Å². The molecular weight excluding hydrogens is 212 g/mol. The number of hydrogen-bond acceptors (Lipinski definition) is 2.